The second kappa shape index (κ2) is 12.5. The zero-order valence-corrected chi connectivity index (χ0v) is 25.7. The van der Waals surface area contributed by atoms with Gasteiger partial charge < -0.3 is 20.1 Å². The van der Waals surface area contributed by atoms with Crippen molar-refractivity contribution in [2.24, 2.45) is 11.3 Å². The minimum atomic E-state index is -1.10. The van der Waals surface area contributed by atoms with E-state index >= 15 is 0 Å². The van der Waals surface area contributed by atoms with Gasteiger partial charge in [0.1, 0.15) is 0 Å². The molecular formula is C35H39ClN2O5. The van der Waals surface area contributed by atoms with Crippen molar-refractivity contribution >= 4 is 29.4 Å². The molecule has 3 aromatic carbocycles. The third-order valence-corrected chi connectivity index (χ3v) is 9.46. The summed E-state index contributed by atoms with van der Waals surface area (Å²) < 4.78 is 4.95. The van der Waals surface area contributed by atoms with Crippen LogP contribution in [0.4, 0.5) is 0 Å². The third-order valence-electron chi connectivity index (χ3n) is 9.21. The predicted molar refractivity (Wildman–Crippen MR) is 167 cm³/mol. The van der Waals surface area contributed by atoms with Crippen LogP contribution in [0, 0.1) is 11.3 Å². The number of hydrogen-bond acceptors (Lipinski definition) is 5. The number of halogens is 1. The number of methoxy groups -OCH3 is 1. The number of amides is 2. The zero-order chi connectivity index (χ0) is 30.8. The highest BCUT2D eigenvalue weighted by Gasteiger charge is 2.50. The molecule has 3 unspecified atom stereocenters. The maximum Gasteiger partial charge on any atom is 0.337 e. The van der Waals surface area contributed by atoms with Gasteiger partial charge in [-0.3, -0.25) is 9.59 Å². The van der Waals surface area contributed by atoms with Gasteiger partial charge in [-0.1, -0.05) is 80.8 Å². The third kappa shape index (κ3) is 6.34. The highest BCUT2D eigenvalue weighted by atomic mass is 35.5. The lowest BCUT2D eigenvalue weighted by molar-refractivity contribution is -0.158. The minimum Gasteiger partial charge on any atom is -0.465 e. The van der Waals surface area contributed by atoms with E-state index in [1.807, 2.05) is 61.2 Å². The molecule has 2 aliphatic rings. The summed E-state index contributed by atoms with van der Waals surface area (Å²) >= 11 is 6.09. The number of nitrogens with one attached hydrogen (secondary N) is 1. The molecule has 0 aromatic heterocycles. The molecule has 0 bridgehead atoms. The molecule has 2 fully saturated rings. The smallest absolute Gasteiger partial charge is 0.337 e. The van der Waals surface area contributed by atoms with Crippen molar-refractivity contribution in [2.45, 2.75) is 57.6 Å². The van der Waals surface area contributed by atoms with Crippen molar-refractivity contribution in [2.75, 3.05) is 20.2 Å². The number of hydrogen-bond donors (Lipinski definition) is 2. The van der Waals surface area contributed by atoms with Gasteiger partial charge >= 0.3 is 5.97 Å². The van der Waals surface area contributed by atoms with Gasteiger partial charge in [-0.05, 0) is 66.3 Å². The summed E-state index contributed by atoms with van der Waals surface area (Å²) in [6, 6.07) is 21.5. The van der Waals surface area contributed by atoms with E-state index in [0.29, 0.717) is 42.9 Å². The molecule has 1 aliphatic carbocycles. The highest BCUT2D eigenvalue weighted by molar-refractivity contribution is 6.30. The minimum absolute atomic E-state index is 0.00418. The number of ether oxygens (including phenoxy) is 1. The second-order valence-electron chi connectivity index (χ2n) is 12.4. The summed E-state index contributed by atoms with van der Waals surface area (Å²) in [5.74, 6) is -1.22. The van der Waals surface area contributed by atoms with Crippen LogP contribution >= 0.6 is 11.6 Å². The van der Waals surface area contributed by atoms with Crippen LogP contribution in [0.3, 0.4) is 0 Å². The number of aliphatic hydroxyl groups is 1. The fourth-order valence-corrected chi connectivity index (χ4v) is 6.77. The lowest BCUT2D eigenvalue weighted by atomic mass is 9.66. The van der Waals surface area contributed by atoms with Crippen molar-refractivity contribution in [3.63, 3.8) is 0 Å². The molecule has 2 amide bonds. The Morgan fingerprint density at radius 1 is 0.930 bits per heavy atom. The van der Waals surface area contributed by atoms with Crippen LogP contribution < -0.4 is 5.32 Å². The van der Waals surface area contributed by atoms with E-state index in [1.165, 1.54) is 13.2 Å². The summed E-state index contributed by atoms with van der Waals surface area (Å²) in [6.07, 6.45) is 3.59. The maximum atomic E-state index is 14.0. The van der Waals surface area contributed by atoms with E-state index in [2.05, 4.69) is 5.32 Å². The zero-order valence-electron chi connectivity index (χ0n) is 24.9. The van der Waals surface area contributed by atoms with Crippen LogP contribution in [-0.4, -0.2) is 54.0 Å². The number of carbonyl (C=O) groups is 3. The van der Waals surface area contributed by atoms with E-state index in [4.69, 9.17) is 16.3 Å². The molecule has 1 aliphatic heterocycles. The second-order valence-corrected chi connectivity index (χ2v) is 12.8. The summed E-state index contributed by atoms with van der Waals surface area (Å²) in [4.78, 5) is 41.9. The van der Waals surface area contributed by atoms with E-state index < -0.39 is 17.0 Å². The van der Waals surface area contributed by atoms with E-state index in [-0.39, 0.29) is 29.3 Å². The lowest BCUT2D eigenvalue weighted by Crippen LogP contribution is -2.59. The average Bonchev–Trinajstić information content (AvgIpc) is 3.02. The van der Waals surface area contributed by atoms with Crippen LogP contribution in [0.1, 0.15) is 72.2 Å². The molecule has 3 atom stereocenters. The van der Waals surface area contributed by atoms with Crippen LogP contribution in [0.25, 0.3) is 11.1 Å². The number of nitrogens with zero attached hydrogens (tertiary/aromatic N) is 1. The molecule has 226 valence electrons. The van der Waals surface area contributed by atoms with Gasteiger partial charge in [-0.2, -0.15) is 0 Å². The summed E-state index contributed by atoms with van der Waals surface area (Å²) in [5, 5.41) is 15.5. The van der Waals surface area contributed by atoms with Crippen LogP contribution in [-0.2, 0) is 15.1 Å². The van der Waals surface area contributed by atoms with Crippen molar-refractivity contribution in [1.82, 2.24) is 10.2 Å². The lowest BCUT2D eigenvalue weighted by Gasteiger charge is -2.51. The maximum absolute atomic E-state index is 14.0. The van der Waals surface area contributed by atoms with Gasteiger partial charge in [0.15, 0.2) is 0 Å². The fraction of sp³-hybridized carbons (Fsp3) is 0.400. The highest BCUT2D eigenvalue weighted by Crippen LogP contribution is 2.46. The van der Waals surface area contributed by atoms with Crippen molar-refractivity contribution in [3.8, 4) is 11.1 Å². The molecule has 7 nitrogen and oxygen atoms in total. The summed E-state index contributed by atoms with van der Waals surface area (Å²) in [7, 11) is 1.31. The monoisotopic (exact) mass is 602 g/mol. The van der Waals surface area contributed by atoms with Crippen LogP contribution in [0.15, 0.2) is 72.8 Å². The Morgan fingerprint density at radius 3 is 2.28 bits per heavy atom. The van der Waals surface area contributed by atoms with Gasteiger partial charge in [0.2, 0.25) is 5.91 Å². The van der Waals surface area contributed by atoms with Gasteiger partial charge in [0, 0.05) is 35.1 Å². The average molecular weight is 603 g/mol. The van der Waals surface area contributed by atoms with Gasteiger partial charge in [0.05, 0.1) is 24.2 Å². The standard InChI is InChI=1S/C35H39ClN2O5/c1-34(2)22-38(18-17-35(34,42)27-13-15-28(36)16-14-27)32(40)29-11-7-8-12-30(29)37-31(39)25-19-24(23-9-5-4-6-10-23)20-26(21-25)33(41)43-3/h4-6,9-10,13-16,19-21,29-30,42H,7-8,11-12,17-18,22H2,1-3H3,(H,37,39). The molecule has 0 radical (unpaired) electrons. The molecule has 0 spiro atoms. The molecule has 8 heteroatoms. The largest absolute Gasteiger partial charge is 0.465 e. The number of rotatable bonds is 6. The molecule has 43 heavy (non-hydrogen) atoms. The first-order valence-electron chi connectivity index (χ1n) is 14.9. The summed E-state index contributed by atoms with van der Waals surface area (Å²) in [6.45, 7) is 4.78. The topological polar surface area (TPSA) is 95.9 Å². The Labute approximate surface area is 258 Å². The van der Waals surface area contributed by atoms with E-state index in [0.717, 1.165) is 29.5 Å². The molecule has 1 saturated carbocycles. The predicted octanol–water partition coefficient (Wildman–Crippen LogP) is 6.23. The first-order valence-corrected chi connectivity index (χ1v) is 15.3. The molecule has 1 saturated heterocycles. The van der Waals surface area contributed by atoms with Gasteiger partial charge in [-0.15, -0.1) is 0 Å². The molecule has 3 aromatic rings. The van der Waals surface area contributed by atoms with Gasteiger partial charge in [0.25, 0.3) is 5.91 Å². The van der Waals surface area contributed by atoms with Crippen LogP contribution in [0.5, 0.6) is 0 Å². The molecule has 1 heterocycles. The number of carbonyl (C=O) groups excluding carboxylic acids is 3. The Kier molecular flexibility index (Phi) is 8.95. The molecule has 2 N–H and O–H groups in total. The summed E-state index contributed by atoms with van der Waals surface area (Å²) in [5.41, 5.74) is 1.31. The van der Waals surface area contributed by atoms with Crippen LogP contribution in [0.2, 0.25) is 5.02 Å². The molecular weight excluding hydrogens is 564 g/mol. The Morgan fingerprint density at radius 2 is 1.60 bits per heavy atom. The number of likely N-dealkylation sites (tertiary alicyclic amines) is 1. The first kappa shape index (κ1) is 30.8. The van der Waals surface area contributed by atoms with Crippen molar-refractivity contribution < 1.29 is 24.2 Å². The normalized spacial score (nSPS) is 23.3. The number of esters is 1. The fourth-order valence-electron chi connectivity index (χ4n) is 6.65. The quantitative estimate of drug-likeness (QED) is 0.326. The van der Waals surface area contributed by atoms with E-state index in [1.54, 1.807) is 24.3 Å². The number of benzene rings is 3. The Hall–Kier alpha value is -3.68. The van der Waals surface area contributed by atoms with Crippen molar-refractivity contribution in [1.29, 1.82) is 0 Å². The van der Waals surface area contributed by atoms with E-state index in [9.17, 15) is 19.5 Å². The Balaban J connectivity index is 1.34. The van der Waals surface area contributed by atoms with Crippen molar-refractivity contribution in [3.05, 3.63) is 94.5 Å². The van der Waals surface area contributed by atoms with Gasteiger partial charge in [-0.25, -0.2) is 4.79 Å². The first-order chi connectivity index (χ1) is 20.5. The molecule has 5 rings (SSSR count). The SMILES string of the molecule is COC(=O)c1cc(C(=O)NC2CCCCC2C(=O)N2CCC(O)(c3ccc(Cl)cc3)C(C)(C)C2)cc(-c2ccccc2)c1. The number of piperidine rings is 1. The Bertz CT molecular complexity index is 1490.